The van der Waals surface area contributed by atoms with Crippen molar-refractivity contribution in [3.05, 3.63) is 61.7 Å². The van der Waals surface area contributed by atoms with Crippen LogP contribution in [0.25, 0.3) is 10.9 Å². The summed E-state index contributed by atoms with van der Waals surface area (Å²) >= 11 is 24.7. The monoisotopic (exact) mass is 415 g/mol. The zero-order chi connectivity index (χ0) is 18.3. The summed E-state index contributed by atoms with van der Waals surface area (Å²) in [5.41, 5.74) is 1.72. The summed E-state index contributed by atoms with van der Waals surface area (Å²) in [4.78, 5) is 13.9. The predicted molar refractivity (Wildman–Crippen MR) is 103 cm³/mol. The van der Waals surface area contributed by atoms with Gasteiger partial charge >= 0.3 is 0 Å². The Morgan fingerprint density at radius 2 is 1.72 bits per heavy atom. The molecule has 130 valence electrons. The van der Waals surface area contributed by atoms with Crippen LogP contribution >= 0.6 is 46.4 Å². The first-order chi connectivity index (χ1) is 11.8. The van der Waals surface area contributed by atoms with Crippen LogP contribution in [0, 0.1) is 0 Å². The first-order valence-corrected chi connectivity index (χ1v) is 8.80. The second kappa shape index (κ2) is 7.04. The lowest BCUT2D eigenvalue weighted by Crippen LogP contribution is -2.22. The second-order valence-corrected chi connectivity index (χ2v) is 7.41. The van der Waals surface area contributed by atoms with Gasteiger partial charge in [-0.15, -0.1) is 0 Å². The van der Waals surface area contributed by atoms with Crippen LogP contribution in [0.15, 0.2) is 30.3 Å². The third kappa shape index (κ3) is 3.58. The molecule has 0 aliphatic rings. The van der Waals surface area contributed by atoms with E-state index in [1.165, 1.54) is 4.90 Å². The SMILES string of the molecule is CN(C)C(=O)c1nn(Cc2ccc(Cl)cc2Cl)c2c(Cl)cc(Cl)cc12. The van der Waals surface area contributed by atoms with E-state index >= 15 is 0 Å². The van der Waals surface area contributed by atoms with E-state index in [9.17, 15) is 4.79 Å². The number of aromatic nitrogens is 2. The molecule has 0 spiro atoms. The first-order valence-electron chi connectivity index (χ1n) is 7.29. The van der Waals surface area contributed by atoms with Crippen LogP contribution in [0.1, 0.15) is 16.1 Å². The summed E-state index contributed by atoms with van der Waals surface area (Å²) in [5, 5.41) is 6.98. The number of hydrogen-bond acceptors (Lipinski definition) is 2. The van der Waals surface area contributed by atoms with Gasteiger partial charge in [0.05, 0.1) is 17.1 Å². The lowest BCUT2D eigenvalue weighted by atomic mass is 10.2. The smallest absolute Gasteiger partial charge is 0.274 e. The molecule has 0 unspecified atom stereocenters. The number of benzene rings is 2. The minimum atomic E-state index is -0.232. The lowest BCUT2D eigenvalue weighted by Gasteiger charge is -2.08. The number of halogens is 4. The Labute approximate surface area is 164 Å². The zero-order valence-corrected chi connectivity index (χ0v) is 16.4. The molecule has 0 N–H and O–H groups in total. The predicted octanol–water partition coefficient (Wildman–Crippen LogP) is 5.40. The Balaban J connectivity index is 2.19. The number of rotatable bonds is 3. The number of carbonyl (C=O) groups is 1. The topological polar surface area (TPSA) is 38.1 Å². The van der Waals surface area contributed by atoms with Crippen LogP contribution in [0.3, 0.4) is 0 Å². The van der Waals surface area contributed by atoms with E-state index in [2.05, 4.69) is 5.10 Å². The maximum Gasteiger partial charge on any atom is 0.274 e. The molecule has 3 aromatic rings. The highest BCUT2D eigenvalue weighted by Gasteiger charge is 2.21. The zero-order valence-electron chi connectivity index (χ0n) is 13.4. The van der Waals surface area contributed by atoms with Crippen LogP contribution < -0.4 is 0 Å². The average Bonchev–Trinajstić information content (AvgIpc) is 2.87. The molecule has 0 atom stereocenters. The second-order valence-electron chi connectivity index (χ2n) is 5.73. The van der Waals surface area contributed by atoms with Crippen molar-refractivity contribution in [2.75, 3.05) is 14.1 Å². The third-order valence-electron chi connectivity index (χ3n) is 3.71. The lowest BCUT2D eigenvalue weighted by molar-refractivity contribution is 0.0823. The van der Waals surface area contributed by atoms with E-state index in [0.717, 1.165) is 5.56 Å². The van der Waals surface area contributed by atoms with Gasteiger partial charge in [-0.3, -0.25) is 9.48 Å². The van der Waals surface area contributed by atoms with E-state index in [1.807, 2.05) is 6.07 Å². The largest absolute Gasteiger partial charge is 0.343 e. The summed E-state index contributed by atoms with van der Waals surface area (Å²) < 4.78 is 1.65. The van der Waals surface area contributed by atoms with Crippen molar-refractivity contribution in [1.29, 1.82) is 0 Å². The Morgan fingerprint density at radius 3 is 2.36 bits per heavy atom. The molecule has 0 fully saturated rings. The van der Waals surface area contributed by atoms with Gasteiger partial charge in [-0.05, 0) is 29.8 Å². The molecule has 1 heterocycles. The maximum absolute atomic E-state index is 12.5. The van der Waals surface area contributed by atoms with Crippen LogP contribution in [0.5, 0.6) is 0 Å². The van der Waals surface area contributed by atoms with Crippen molar-refractivity contribution in [3.63, 3.8) is 0 Å². The molecule has 2 aromatic carbocycles. The summed E-state index contributed by atoms with van der Waals surface area (Å²) in [5.74, 6) is -0.232. The van der Waals surface area contributed by atoms with Crippen LogP contribution in [-0.4, -0.2) is 34.7 Å². The molecule has 1 amide bonds. The quantitative estimate of drug-likeness (QED) is 0.573. The van der Waals surface area contributed by atoms with Gasteiger partial charge in [-0.25, -0.2) is 0 Å². The Kier molecular flexibility index (Phi) is 5.16. The minimum Gasteiger partial charge on any atom is -0.343 e. The van der Waals surface area contributed by atoms with Gasteiger partial charge in [-0.2, -0.15) is 5.10 Å². The van der Waals surface area contributed by atoms with E-state index in [4.69, 9.17) is 46.4 Å². The number of amides is 1. The van der Waals surface area contributed by atoms with E-state index in [1.54, 1.807) is 43.0 Å². The molecule has 0 bridgehead atoms. The fourth-order valence-corrected chi connectivity index (χ4v) is 3.59. The molecule has 0 saturated heterocycles. The van der Waals surface area contributed by atoms with Crippen molar-refractivity contribution in [1.82, 2.24) is 14.7 Å². The van der Waals surface area contributed by atoms with E-state index < -0.39 is 0 Å². The van der Waals surface area contributed by atoms with E-state index in [-0.39, 0.29) is 11.6 Å². The summed E-state index contributed by atoms with van der Waals surface area (Å²) in [7, 11) is 3.32. The minimum absolute atomic E-state index is 0.232. The number of nitrogens with zero attached hydrogens (tertiary/aromatic N) is 3. The van der Waals surface area contributed by atoms with Crippen LogP contribution in [0.4, 0.5) is 0 Å². The van der Waals surface area contributed by atoms with Crippen molar-refractivity contribution >= 4 is 63.2 Å². The van der Waals surface area contributed by atoms with Crippen LogP contribution in [-0.2, 0) is 6.54 Å². The number of carbonyl (C=O) groups excluding carboxylic acids is 1. The van der Waals surface area contributed by atoms with Gasteiger partial charge in [0.25, 0.3) is 5.91 Å². The molecule has 1 aromatic heterocycles. The molecule has 4 nitrogen and oxygen atoms in total. The molecule has 0 aliphatic carbocycles. The van der Waals surface area contributed by atoms with Crippen molar-refractivity contribution in [2.24, 2.45) is 0 Å². The standard InChI is InChI=1S/C17H13Cl4N3O/c1-23(2)17(25)15-12-5-11(19)7-14(21)16(12)24(22-15)8-9-3-4-10(18)6-13(9)20/h3-7H,8H2,1-2H3. The molecule has 25 heavy (non-hydrogen) atoms. The molecule has 3 rings (SSSR count). The van der Waals surface area contributed by atoms with Crippen molar-refractivity contribution < 1.29 is 4.79 Å². The number of fused-ring (bicyclic) bond motifs is 1. The Bertz CT molecular complexity index is 982. The fraction of sp³-hybridized carbons (Fsp3) is 0.176. The van der Waals surface area contributed by atoms with E-state index in [0.29, 0.717) is 37.5 Å². The van der Waals surface area contributed by atoms with Crippen molar-refractivity contribution in [3.8, 4) is 0 Å². The Morgan fingerprint density at radius 1 is 1.04 bits per heavy atom. The molecule has 0 radical (unpaired) electrons. The van der Waals surface area contributed by atoms with Gasteiger partial charge in [0, 0.05) is 34.5 Å². The summed E-state index contributed by atoms with van der Waals surface area (Å²) in [6, 6.07) is 8.53. The van der Waals surface area contributed by atoms with Gasteiger partial charge in [-0.1, -0.05) is 52.5 Å². The third-order valence-corrected chi connectivity index (χ3v) is 4.80. The first kappa shape index (κ1) is 18.3. The van der Waals surface area contributed by atoms with Crippen molar-refractivity contribution in [2.45, 2.75) is 6.54 Å². The van der Waals surface area contributed by atoms with Gasteiger partial charge < -0.3 is 4.90 Å². The molecule has 8 heteroatoms. The fourth-order valence-electron chi connectivity index (χ4n) is 2.53. The van der Waals surface area contributed by atoms with Gasteiger partial charge in [0.15, 0.2) is 5.69 Å². The average molecular weight is 417 g/mol. The highest BCUT2D eigenvalue weighted by molar-refractivity contribution is 6.39. The molecular weight excluding hydrogens is 404 g/mol. The maximum atomic E-state index is 12.5. The molecular formula is C17H13Cl4N3O. The molecule has 0 aliphatic heterocycles. The Hall–Kier alpha value is -1.46. The normalized spacial score (nSPS) is 11.1. The van der Waals surface area contributed by atoms with Crippen LogP contribution in [0.2, 0.25) is 20.1 Å². The van der Waals surface area contributed by atoms with Gasteiger partial charge in [0.2, 0.25) is 0 Å². The highest BCUT2D eigenvalue weighted by atomic mass is 35.5. The summed E-state index contributed by atoms with van der Waals surface area (Å²) in [6.45, 7) is 0.342. The van der Waals surface area contributed by atoms with Gasteiger partial charge in [0.1, 0.15) is 0 Å². The molecule has 0 saturated carbocycles. The summed E-state index contributed by atoms with van der Waals surface area (Å²) in [6.07, 6.45) is 0. The number of hydrogen-bond donors (Lipinski definition) is 0. The highest BCUT2D eigenvalue weighted by Crippen LogP contribution is 2.32.